The largest absolute Gasteiger partial charge is 0.306 e. The molecule has 0 amide bonds. The first kappa shape index (κ1) is 15.9. The fourth-order valence-corrected chi connectivity index (χ4v) is 4.15. The van der Waals surface area contributed by atoms with Crippen LogP contribution < -0.4 is 0 Å². The minimum Gasteiger partial charge on any atom is -0.306 e. The SMILES string of the molecule is Cc1cnc2c(c1)CCc1cc(Cl)ccc1C2=C1CCN(C)CC1. The number of fused-ring (bicyclic) bond motifs is 2. The van der Waals surface area contributed by atoms with Crippen LogP contribution >= 0.6 is 11.6 Å². The van der Waals surface area contributed by atoms with Gasteiger partial charge in [0.25, 0.3) is 0 Å². The molecule has 0 atom stereocenters. The predicted molar refractivity (Wildman–Crippen MR) is 101 cm³/mol. The molecule has 2 nitrogen and oxygen atoms in total. The minimum atomic E-state index is 0.830. The number of halogens is 1. The highest BCUT2D eigenvalue weighted by atomic mass is 35.5. The van der Waals surface area contributed by atoms with Crippen LogP contribution in [0, 0.1) is 6.92 Å². The molecule has 1 aliphatic carbocycles. The molecule has 0 spiro atoms. The van der Waals surface area contributed by atoms with Gasteiger partial charge in [-0.3, -0.25) is 4.98 Å². The summed E-state index contributed by atoms with van der Waals surface area (Å²) in [6, 6.07) is 8.68. The standard InChI is InChI=1S/C21H23ClN2/c1-14-11-17-4-3-16-12-18(22)5-6-19(16)20(21(17)23-13-14)15-7-9-24(2)10-8-15/h5-6,11-13H,3-4,7-10H2,1-2H3. The van der Waals surface area contributed by atoms with Gasteiger partial charge in [0.1, 0.15) is 0 Å². The van der Waals surface area contributed by atoms with Gasteiger partial charge in [-0.1, -0.05) is 29.3 Å². The van der Waals surface area contributed by atoms with E-state index in [1.165, 1.54) is 33.5 Å². The van der Waals surface area contributed by atoms with Crippen molar-refractivity contribution in [3.8, 4) is 0 Å². The molecule has 0 bridgehead atoms. The van der Waals surface area contributed by atoms with Crippen molar-refractivity contribution in [2.45, 2.75) is 32.6 Å². The quantitative estimate of drug-likeness (QED) is 0.694. The van der Waals surface area contributed by atoms with E-state index in [0.717, 1.165) is 43.8 Å². The van der Waals surface area contributed by atoms with E-state index in [2.05, 4.69) is 37.1 Å². The second-order valence-corrected chi connectivity index (χ2v) is 7.54. The van der Waals surface area contributed by atoms with Crippen molar-refractivity contribution in [2.24, 2.45) is 0 Å². The molecule has 2 aromatic rings. The fourth-order valence-electron chi connectivity index (χ4n) is 3.95. The summed E-state index contributed by atoms with van der Waals surface area (Å²) in [7, 11) is 2.21. The Balaban J connectivity index is 1.94. The molecule has 1 aromatic carbocycles. The Bertz CT molecular complexity index is 757. The summed E-state index contributed by atoms with van der Waals surface area (Å²) in [5.41, 5.74) is 9.45. The second kappa shape index (κ2) is 6.34. The number of hydrogen-bond donors (Lipinski definition) is 0. The first-order valence-electron chi connectivity index (χ1n) is 8.77. The highest BCUT2D eigenvalue weighted by Crippen LogP contribution is 2.38. The third kappa shape index (κ3) is 2.89. The van der Waals surface area contributed by atoms with Gasteiger partial charge in [-0.2, -0.15) is 0 Å². The highest BCUT2D eigenvalue weighted by Gasteiger charge is 2.24. The van der Waals surface area contributed by atoms with Gasteiger partial charge in [0.05, 0.1) is 5.69 Å². The van der Waals surface area contributed by atoms with Gasteiger partial charge in [-0.05, 0) is 74.0 Å². The third-order valence-corrected chi connectivity index (χ3v) is 5.52. The Kier molecular flexibility index (Phi) is 4.19. The molecule has 124 valence electrons. The van der Waals surface area contributed by atoms with Crippen LogP contribution in [0.1, 0.15) is 40.8 Å². The van der Waals surface area contributed by atoms with E-state index >= 15 is 0 Å². The molecule has 3 heteroatoms. The first-order valence-corrected chi connectivity index (χ1v) is 9.15. The zero-order valence-electron chi connectivity index (χ0n) is 14.4. The molecule has 24 heavy (non-hydrogen) atoms. The fraction of sp³-hybridized carbons (Fsp3) is 0.381. The van der Waals surface area contributed by atoms with E-state index in [4.69, 9.17) is 16.6 Å². The number of pyridine rings is 1. The maximum Gasteiger partial charge on any atom is 0.0739 e. The summed E-state index contributed by atoms with van der Waals surface area (Å²) in [5, 5.41) is 0.830. The van der Waals surface area contributed by atoms with Crippen molar-refractivity contribution in [1.82, 2.24) is 9.88 Å². The Hall–Kier alpha value is -1.64. The van der Waals surface area contributed by atoms with Crippen molar-refractivity contribution < 1.29 is 0 Å². The molecule has 2 aliphatic rings. The molecule has 1 aromatic heterocycles. The normalized spacial score (nSPS) is 18.1. The van der Waals surface area contributed by atoms with Crippen LogP contribution in [0.2, 0.25) is 5.02 Å². The molecular weight excluding hydrogens is 316 g/mol. The number of nitrogens with zero attached hydrogens (tertiary/aromatic N) is 2. The van der Waals surface area contributed by atoms with Crippen LogP contribution in [-0.4, -0.2) is 30.0 Å². The maximum absolute atomic E-state index is 6.28. The Morgan fingerprint density at radius 3 is 2.54 bits per heavy atom. The van der Waals surface area contributed by atoms with E-state index in [0.29, 0.717) is 0 Å². The average Bonchev–Trinajstić information content (AvgIpc) is 2.72. The van der Waals surface area contributed by atoms with E-state index in [9.17, 15) is 0 Å². The first-order chi connectivity index (χ1) is 11.6. The predicted octanol–water partition coefficient (Wildman–Crippen LogP) is 4.67. The molecule has 1 fully saturated rings. The Labute approximate surface area is 149 Å². The molecule has 0 N–H and O–H groups in total. The summed E-state index contributed by atoms with van der Waals surface area (Å²) in [6.07, 6.45) is 6.33. The van der Waals surface area contributed by atoms with Crippen LogP contribution in [0.3, 0.4) is 0 Å². The summed E-state index contributed by atoms with van der Waals surface area (Å²) in [5.74, 6) is 0. The molecule has 1 saturated heterocycles. The zero-order valence-corrected chi connectivity index (χ0v) is 15.2. The molecule has 2 heterocycles. The van der Waals surface area contributed by atoms with Crippen LogP contribution in [0.4, 0.5) is 0 Å². The lowest BCUT2D eigenvalue weighted by atomic mass is 9.88. The van der Waals surface area contributed by atoms with Crippen LogP contribution in [0.15, 0.2) is 36.0 Å². The van der Waals surface area contributed by atoms with Crippen molar-refractivity contribution in [3.05, 3.63) is 69.0 Å². The van der Waals surface area contributed by atoms with E-state index in [-0.39, 0.29) is 0 Å². The number of piperidine rings is 1. The maximum atomic E-state index is 6.28. The van der Waals surface area contributed by atoms with Gasteiger partial charge in [0.15, 0.2) is 0 Å². The summed E-state index contributed by atoms with van der Waals surface area (Å²) < 4.78 is 0. The van der Waals surface area contributed by atoms with Crippen molar-refractivity contribution in [2.75, 3.05) is 20.1 Å². The molecule has 4 rings (SSSR count). The number of rotatable bonds is 0. The molecule has 0 saturated carbocycles. The minimum absolute atomic E-state index is 0.830. The number of aromatic nitrogens is 1. The molecular formula is C21H23ClN2. The highest BCUT2D eigenvalue weighted by molar-refractivity contribution is 6.30. The molecule has 0 unspecified atom stereocenters. The number of likely N-dealkylation sites (tertiary alicyclic amines) is 1. The van der Waals surface area contributed by atoms with Gasteiger partial charge in [-0.15, -0.1) is 0 Å². The zero-order chi connectivity index (χ0) is 16.7. The third-order valence-electron chi connectivity index (χ3n) is 5.28. The van der Waals surface area contributed by atoms with Crippen LogP contribution in [-0.2, 0) is 12.8 Å². The number of aryl methyl sites for hydroxylation is 3. The Morgan fingerprint density at radius 2 is 1.75 bits per heavy atom. The summed E-state index contributed by atoms with van der Waals surface area (Å²) in [4.78, 5) is 7.28. The molecule has 0 radical (unpaired) electrons. The Morgan fingerprint density at radius 1 is 1.00 bits per heavy atom. The smallest absolute Gasteiger partial charge is 0.0739 e. The van der Waals surface area contributed by atoms with E-state index in [1.807, 2.05) is 12.3 Å². The summed E-state index contributed by atoms with van der Waals surface area (Å²) >= 11 is 6.28. The lowest BCUT2D eigenvalue weighted by molar-refractivity contribution is 0.313. The lowest BCUT2D eigenvalue weighted by Crippen LogP contribution is -2.27. The van der Waals surface area contributed by atoms with Crippen molar-refractivity contribution in [1.29, 1.82) is 0 Å². The van der Waals surface area contributed by atoms with E-state index in [1.54, 1.807) is 5.57 Å². The van der Waals surface area contributed by atoms with Gasteiger partial charge in [0.2, 0.25) is 0 Å². The van der Waals surface area contributed by atoms with Gasteiger partial charge < -0.3 is 4.90 Å². The lowest BCUT2D eigenvalue weighted by Gasteiger charge is -2.27. The topological polar surface area (TPSA) is 16.1 Å². The second-order valence-electron chi connectivity index (χ2n) is 7.10. The number of benzene rings is 1. The van der Waals surface area contributed by atoms with E-state index < -0.39 is 0 Å². The van der Waals surface area contributed by atoms with Crippen LogP contribution in [0.5, 0.6) is 0 Å². The van der Waals surface area contributed by atoms with Crippen molar-refractivity contribution >= 4 is 17.2 Å². The summed E-state index contributed by atoms with van der Waals surface area (Å²) in [6.45, 7) is 4.39. The van der Waals surface area contributed by atoms with Crippen molar-refractivity contribution in [3.63, 3.8) is 0 Å². The monoisotopic (exact) mass is 338 g/mol. The van der Waals surface area contributed by atoms with Gasteiger partial charge in [-0.25, -0.2) is 0 Å². The molecule has 1 aliphatic heterocycles. The van der Waals surface area contributed by atoms with Gasteiger partial charge >= 0.3 is 0 Å². The van der Waals surface area contributed by atoms with Crippen LogP contribution in [0.25, 0.3) is 5.57 Å². The number of hydrogen-bond acceptors (Lipinski definition) is 2. The average molecular weight is 339 g/mol. The van der Waals surface area contributed by atoms with Gasteiger partial charge in [0, 0.05) is 29.9 Å².